The molecule has 0 unspecified atom stereocenters. The molecule has 0 bridgehead atoms. The van der Waals surface area contributed by atoms with Crippen LogP contribution in [0, 0.1) is 15.4 Å². The molecular formula is C26H31F3INO2. The molecule has 180 valence electrons. The maximum Gasteiger partial charge on any atom is 0.416 e. The van der Waals surface area contributed by atoms with Crippen LogP contribution in [0.3, 0.4) is 0 Å². The molecule has 1 aliphatic heterocycles. The van der Waals surface area contributed by atoms with Gasteiger partial charge in [0.25, 0.3) is 0 Å². The van der Waals surface area contributed by atoms with Crippen molar-refractivity contribution >= 4 is 28.6 Å². The minimum absolute atomic E-state index is 0.0234. The van der Waals surface area contributed by atoms with E-state index in [1.165, 1.54) is 12.1 Å². The van der Waals surface area contributed by atoms with E-state index in [9.17, 15) is 23.1 Å². The van der Waals surface area contributed by atoms with Crippen LogP contribution in [0.25, 0.3) is 0 Å². The third-order valence-corrected chi connectivity index (χ3v) is 7.23. The molecule has 0 spiro atoms. The fourth-order valence-corrected chi connectivity index (χ4v) is 5.14. The molecule has 1 heterocycles. The van der Waals surface area contributed by atoms with Crippen LogP contribution < -0.4 is 0 Å². The maximum atomic E-state index is 13.1. The van der Waals surface area contributed by atoms with Crippen LogP contribution in [-0.2, 0) is 11.0 Å². The lowest BCUT2D eigenvalue weighted by atomic mass is 9.82. The summed E-state index contributed by atoms with van der Waals surface area (Å²) in [5, 5.41) is 9.34. The molecule has 0 amide bonds. The monoisotopic (exact) mass is 573 g/mol. The summed E-state index contributed by atoms with van der Waals surface area (Å²) in [6, 6.07) is 13.9. The Kier molecular flexibility index (Phi) is 8.83. The first-order chi connectivity index (χ1) is 15.5. The van der Waals surface area contributed by atoms with Gasteiger partial charge in [0, 0.05) is 22.1 Å². The fourth-order valence-electron chi connectivity index (χ4n) is 4.78. The molecule has 3 nitrogen and oxygen atoms in total. The van der Waals surface area contributed by atoms with Gasteiger partial charge in [0.1, 0.15) is 0 Å². The molecular weight excluding hydrogens is 542 g/mol. The molecule has 1 saturated heterocycles. The number of carboxylic acids is 1. The molecule has 3 atom stereocenters. The minimum atomic E-state index is -4.36. The molecule has 2 aromatic rings. The minimum Gasteiger partial charge on any atom is -0.481 e. The zero-order valence-corrected chi connectivity index (χ0v) is 21.1. The summed E-state index contributed by atoms with van der Waals surface area (Å²) in [7, 11) is 0. The normalized spacial score (nSPS) is 20.7. The SMILES string of the molecule is CC(C)CC[C@H](c1ccc(C(F)(F)F)cc1)N1CC[C@H](CC(=O)O)C[C@H]1c1ccc(I)cc1. The Hall–Kier alpha value is -1.61. The van der Waals surface area contributed by atoms with E-state index < -0.39 is 17.7 Å². The number of piperidine rings is 1. The van der Waals surface area contributed by atoms with E-state index in [4.69, 9.17) is 0 Å². The lowest BCUT2D eigenvalue weighted by Gasteiger charge is -2.44. The molecule has 7 heteroatoms. The van der Waals surface area contributed by atoms with Crippen LogP contribution in [0.4, 0.5) is 13.2 Å². The highest BCUT2D eigenvalue weighted by Gasteiger charge is 2.36. The maximum absolute atomic E-state index is 13.1. The summed E-state index contributed by atoms with van der Waals surface area (Å²) < 4.78 is 40.5. The molecule has 1 aliphatic rings. The second-order valence-corrected chi connectivity index (χ2v) is 10.6. The zero-order chi connectivity index (χ0) is 24.2. The number of aliphatic carboxylic acids is 1. The quantitative estimate of drug-likeness (QED) is 0.329. The highest BCUT2D eigenvalue weighted by molar-refractivity contribution is 14.1. The predicted octanol–water partition coefficient (Wildman–Crippen LogP) is 7.72. The van der Waals surface area contributed by atoms with Crippen LogP contribution in [0.15, 0.2) is 48.5 Å². The molecule has 33 heavy (non-hydrogen) atoms. The number of hydrogen-bond donors (Lipinski definition) is 1. The van der Waals surface area contributed by atoms with Crippen LogP contribution in [0.5, 0.6) is 0 Å². The van der Waals surface area contributed by atoms with Gasteiger partial charge in [-0.25, -0.2) is 0 Å². The number of hydrogen-bond acceptors (Lipinski definition) is 2. The molecule has 2 aromatic carbocycles. The predicted molar refractivity (Wildman–Crippen MR) is 132 cm³/mol. The van der Waals surface area contributed by atoms with Gasteiger partial charge in [-0.3, -0.25) is 9.69 Å². The van der Waals surface area contributed by atoms with Gasteiger partial charge in [-0.2, -0.15) is 13.2 Å². The van der Waals surface area contributed by atoms with Gasteiger partial charge in [-0.15, -0.1) is 0 Å². The van der Waals surface area contributed by atoms with Gasteiger partial charge in [0.15, 0.2) is 0 Å². The van der Waals surface area contributed by atoms with Crippen molar-refractivity contribution in [3.05, 3.63) is 68.8 Å². The molecule has 0 aliphatic carbocycles. The summed E-state index contributed by atoms with van der Waals surface area (Å²) >= 11 is 2.26. The number of alkyl halides is 3. The van der Waals surface area contributed by atoms with Crippen LogP contribution in [0.2, 0.25) is 0 Å². The van der Waals surface area contributed by atoms with E-state index >= 15 is 0 Å². The topological polar surface area (TPSA) is 40.5 Å². The van der Waals surface area contributed by atoms with Crippen molar-refractivity contribution in [1.82, 2.24) is 4.90 Å². The van der Waals surface area contributed by atoms with Gasteiger partial charge in [0.05, 0.1) is 5.56 Å². The zero-order valence-electron chi connectivity index (χ0n) is 19.0. The van der Waals surface area contributed by atoms with E-state index in [0.29, 0.717) is 5.92 Å². The Morgan fingerprint density at radius 3 is 2.27 bits per heavy atom. The van der Waals surface area contributed by atoms with E-state index in [2.05, 4.69) is 65.6 Å². The number of halogens is 4. The Bertz CT molecular complexity index is 913. The van der Waals surface area contributed by atoms with Crippen molar-refractivity contribution in [2.75, 3.05) is 6.54 Å². The Morgan fingerprint density at radius 2 is 1.73 bits per heavy atom. The summed E-state index contributed by atoms with van der Waals surface area (Å²) in [6.45, 7) is 5.03. The largest absolute Gasteiger partial charge is 0.481 e. The number of likely N-dealkylation sites (tertiary alicyclic amines) is 1. The third kappa shape index (κ3) is 7.18. The van der Waals surface area contributed by atoms with Crippen molar-refractivity contribution < 1.29 is 23.1 Å². The molecule has 1 N–H and O–H groups in total. The van der Waals surface area contributed by atoms with Gasteiger partial charge >= 0.3 is 12.1 Å². The number of nitrogens with zero attached hydrogens (tertiary/aromatic N) is 1. The first-order valence-corrected chi connectivity index (χ1v) is 12.5. The van der Waals surface area contributed by atoms with E-state index in [-0.39, 0.29) is 24.4 Å². The molecule has 0 radical (unpaired) electrons. The summed E-state index contributed by atoms with van der Waals surface area (Å²) in [6.07, 6.45) is -0.915. The van der Waals surface area contributed by atoms with Gasteiger partial charge in [-0.1, -0.05) is 38.1 Å². The standard InChI is InChI=1S/C26H31F3INO2/c1-17(2)3-12-23(19-4-8-21(9-5-19)26(27,28)29)31-14-13-18(16-25(32)33)15-24(31)20-6-10-22(30)11-7-20/h4-11,17-18,23-24H,3,12-16H2,1-2H3,(H,32,33)/t18-,23+,24-/m0/s1. The van der Waals surface area contributed by atoms with Crippen molar-refractivity contribution in [3.63, 3.8) is 0 Å². The third-order valence-electron chi connectivity index (χ3n) is 6.51. The van der Waals surface area contributed by atoms with Crippen molar-refractivity contribution in [2.45, 2.75) is 64.2 Å². The highest BCUT2D eigenvalue weighted by Crippen LogP contribution is 2.43. The highest BCUT2D eigenvalue weighted by atomic mass is 127. The Labute approximate surface area is 207 Å². The van der Waals surface area contributed by atoms with Crippen LogP contribution >= 0.6 is 22.6 Å². The summed E-state index contributed by atoms with van der Waals surface area (Å²) in [5.74, 6) is -0.224. The van der Waals surface area contributed by atoms with E-state index in [1.54, 1.807) is 12.1 Å². The number of carboxylic acid groups (broad SMARTS) is 1. The van der Waals surface area contributed by atoms with Crippen molar-refractivity contribution in [1.29, 1.82) is 0 Å². The number of carbonyl (C=O) groups is 1. The average molecular weight is 573 g/mol. The number of benzene rings is 2. The Balaban J connectivity index is 1.96. The lowest BCUT2D eigenvalue weighted by Crippen LogP contribution is -2.40. The first kappa shape index (κ1) is 26.0. The van der Waals surface area contributed by atoms with E-state index in [1.807, 2.05) is 0 Å². The summed E-state index contributed by atoms with van der Waals surface area (Å²) in [4.78, 5) is 13.8. The van der Waals surface area contributed by atoms with Gasteiger partial charge in [-0.05, 0) is 102 Å². The molecule has 1 fully saturated rings. The number of rotatable bonds is 8. The van der Waals surface area contributed by atoms with Crippen molar-refractivity contribution in [3.8, 4) is 0 Å². The second kappa shape index (κ2) is 11.2. The van der Waals surface area contributed by atoms with Gasteiger partial charge < -0.3 is 5.11 Å². The smallest absolute Gasteiger partial charge is 0.416 e. The van der Waals surface area contributed by atoms with Crippen LogP contribution in [0.1, 0.15) is 74.7 Å². The lowest BCUT2D eigenvalue weighted by molar-refractivity contribution is -0.139. The second-order valence-electron chi connectivity index (χ2n) is 9.40. The van der Waals surface area contributed by atoms with Crippen molar-refractivity contribution in [2.24, 2.45) is 11.8 Å². The Morgan fingerprint density at radius 1 is 1.09 bits per heavy atom. The fraction of sp³-hybridized carbons (Fsp3) is 0.500. The van der Waals surface area contributed by atoms with E-state index in [0.717, 1.165) is 46.9 Å². The average Bonchev–Trinajstić information content (AvgIpc) is 2.74. The molecule has 0 aromatic heterocycles. The van der Waals surface area contributed by atoms with Crippen LogP contribution in [-0.4, -0.2) is 22.5 Å². The molecule has 3 rings (SSSR count). The van der Waals surface area contributed by atoms with Gasteiger partial charge in [0.2, 0.25) is 0 Å². The molecule has 0 saturated carbocycles. The summed E-state index contributed by atoms with van der Waals surface area (Å²) in [5.41, 5.74) is 1.38. The first-order valence-electron chi connectivity index (χ1n) is 11.4.